The van der Waals surface area contributed by atoms with Crippen LogP contribution in [0.3, 0.4) is 0 Å². The second-order valence-corrected chi connectivity index (χ2v) is 6.84. The minimum absolute atomic E-state index is 0.130. The van der Waals surface area contributed by atoms with Crippen molar-refractivity contribution in [1.82, 2.24) is 5.32 Å². The summed E-state index contributed by atoms with van der Waals surface area (Å²) in [7, 11) is -3.24. The van der Waals surface area contributed by atoms with Crippen LogP contribution in [0.5, 0.6) is 0 Å². The lowest BCUT2D eigenvalue weighted by Gasteiger charge is -2.14. The van der Waals surface area contributed by atoms with E-state index in [1.54, 1.807) is 0 Å². The highest BCUT2D eigenvalue weighted by Gasteiger charge is 2.36. The molecule has 0 bridgehead atoms. The summed E-state index contributed by atoms with van der Waals surface area (Å²) in [5, 5.41) is 14.8. The Labute approximate surface area is 115 Å². The molecule has 8 heteroatoms. The van der Waals surface area contributed by atoms with E-state index < -0.39 is 33.7 Å². The van der Waals surface area contributed by atoms with Crippen LogP contribution in [-0.4, -0.2) is 49.6 Å². The van der Waals surface area contributed by atoms with Gasteiger partial charge in [-0.15, -0.1) is 0 Å². The third-order valence-electron chi connectivity index (χ3n) is 2.98. The molecule has 0 spiro atoms. The lowest BCUT2D eigenvalue weighted by Crippen LogP contribution is -2.42. The van der Waals surface area contributed by atoms with Gasteiger partial charge in [0.2, 0.25) is 5.91 Å². The predicted octanol–water partition coefficient (Wildman–Crippen LogP) is -0.488. The Morgan fingerprint density at radius 1 is 1.30 bits per heavy atom. The number of rotatable bonds is 4. The summed E-state index contributed by atoms with van der Waals surface area (Å²) in [6, 6.07) is 4.63. The Balaban J connectivity index is 1.82. The molecule has 6 nitrogen and oxygen atoms in total. The van der Waals surface area contributed by atoms with Crippen molar-refractivity contribution in [2.24, 2.45) is 0 Å². The van der Waals surface area contributed by atoms with Crippen molar-refractivity contribution in [2.45, 2.75) is 12.1 Å². The Morgan fingerprint density at radius 2 is 1.95 bits per heavy atom. The third kappa shape index (κ3) is 3.99. The van der Waals surface area contributed by atoms with Crippen molar-refractivity contribution in [2.75, 3.05) is 23.4 Å². The minimum atomic E-state index is -3.24. The normalized spacial score (nSPS) is 24.5. The lowest BCUT2D eigenvalue weighted by molar-refractivity contribution is -0.115. The first-order chi connectivity index (χ1) is 9.35. The van der Waals surface area contributed by atoms with Gasteiger partial charge in [0.25, 0.3) is 0 Å². The number of benzene rings is 1. The molecule has 0 saturated carbocycles. The molecule has 2 unspecified atom stereocenters. The van der Waals surface area contributed by atoms with E-state index >= 15 is 0 Å². The fraction of sp³-hybridized carbons (Fsp3) is 0.417. The highest BCUT2D eigenvalue weighted by molar-refractivity contribution is 7.91. The van der Waals surface area contributed by atoms with Crippen LogP contribution in [0.15, 0.2) is 24.3 Å². The SMILES string of the molecule is O=C(CNC1CS(=O)(=O)CC1O)Nc1ccc(F)cc1. The molecule has 1 aliphatic heterocycles. The molecule has 1 fully saturated rings. The van der Waals surface area contributed by atoms with Crippen LogP contribution in [0.2, 0.25) is 0 Å². The first-order valence-corrected chi connectivity index (χ1v) is 7.85. The number of amides is 1. The second-order valence-electron chi connectivity index (χ2n) is 4.69. The molecule has 1 saturated heterocycles. The van der Waals surface area contributed by atoms with Gasteiger partial charge >= 0.3 is 0 Å². The van der Waals surface area contributed by atoms with Crippen LogP contribution < -0.4 is 10.6 Å². The molecule has 2 atom stereocenters. The van der Waals surface area contributed by atoms with Crippen LogP contribution in [0.1, 0.15) is 0 Å². The highest BCUT2D eigenvalue weighted by atomic mass is 32.2. The van der Waals surface area contributed by atoms with E-state index in [1.807, 2.05) is 0 Å². The van der Waals surface area contributed by atoms with E-state index in [1.165, 1.54) is 24.3 Å². The number of anilines is 1. The van der Waals surface area contributed by atoms with Gasteiger partial charge < -0.3 is 15.7 Å². The average molecular weight is 302 g/mol. The molecule has 1 amide bonds. The Morgan fingerprint density at radius 3 is 2.50 bits per heavy atom. The van der Waals surface area contributed by atoms with Crippen molar-refractivity contribution in [3.05, 3.63) is 30.1 Å². The number of aliphatic hydroxyl groups is 1. The molecule has 3 N–H and O–H groups in total. The monoisotopic (exact) mass is 302 g/mol. The molecule has 20 heavy (non-hydrogen) atoms. The summed E-state index contributed by atoms with van der Waals surface area (Å²) in [4.78, 5) is 11.6. The van der Waals surface area contributed by atoms with Gasteiger partial charge in [-0.3, -0.25) is 4.79 Å². The Bertz CT molecular complexity index is 588. The number of hydrogen-bond acceptors (Lipinski definition) is 5. The minimum Gasteiger partial charge on any atom is -0.390 e. The van der Waals surface area contributed by atoms with Gasteiger partial charge in [-0.1, -0.05) is 0 Å². The largest absolute Gasteiger partial charge is 0.390 e. The van der Waals surface area contributed by atoms with Crippen molar-refractivity contribution < 1.29 is 22.7 Å². The highest BCUT2D eigenvalue weighted by Crippen LogP contribution is 2.12. The first-order valence-electron chi connectivity index (χ1n) is 6.03. The molecule has 1 aromatic rings. The summed E-state index contributed by atoms with van der Waals surface area (Å²) in [6.45, 7) is -0.130. The quantitative estimate of drug-likeness (QED) is 0.698. The predicted molar refractivity (Wildman–Crippen MR) is 71.5 cm³/mol. The molecular weight excluding hydrogens is 287 g/mol. The molecule has 0 aliphatic carbocycles. The summed E-state index contributed by atoms with van der Waals surface area (Å²) < 4.78 is 35.2. The molecule has 0 aromatic heterocycles. The summed E-state index contributed by atoms with van der Waals surface area (Å²) in [5.41, 5.74) is 0.442. The van der Waals surface area contributed by atoms with Crippen LogP contribution in [0, 0.1) is 5.82 Å². The number of sulfone groups is 1. The smallest absolute Gasteiger partial charge is 0.238 e. The average Bonchev–Trinajstić information content (AvgIpc) is 2.63. The zero-order valence-corrected chi connectivity index (χ0v) is 11.4. The fourth-order valence-electron chi connectivity index (χ4n) is 1.99. The third-order valence-corrected chi connectivity index (χ3v) is 4.69. The van der Waals surface area contributed by atoms with Crippen LogP contribution in [0.4, 0.5) is 10.1 Å². The molecule has 0 radical (unpaired) electrons. The van der Waals surface area contributed by atoms with Gasteiger partial charge in [-0.05, 0) is 24.3 Å². The number of hydrogen-bond donors (Lipinski definition) is 3. The number of aliphatic hydroxyl groups excluding tert-OH is 1. The maximum atomic E-state index is 12.7. The van der Waals surface area contributed by atoms with Crippen molar-refractivity contribution in [3.63, 3.8) is 0 Å². The van der Waals surface area contributed by atoms with Gasteiger partial charge in [0.1, 0.15) is 5.82 Å². The number of carbonyl (C=O) groups excluding carboxylic acids is 1. The zero-order chi connectivity index (χ0) is 14.8. The van der Waals surface area contributed by atoms with Crippen LogP contribution in [-0.2, 0) is 14.6 Å². The maximum Gasteiger partial charge on any atom is 0.238 e. The van der Waals surface area contributed by atoms with Crippen molar-refractivity contribution in [1.29, 1.82) is 0 Å². The number of nitrogens with one attached hydrogen (secondary N) is 2. The molecule has 1 aromatic carbocycles. The van der Waals surface area contributed by atoms with Crippen molar-refractivity contribution >= 4 is 21.4 Å². The molecule has 2 rings (SSSR count). The van der Waals surface area contributed by atoms with E-state index in [2.05, 4.69) is 10.6 Å². The maximum absolute atomic E-state index is 12.7. The van der Waals surface area contributed by atoms with Crippen LogP contribution in [0.25, 0.3) is 0 Å². The van der Waals surface area contributed by atoms with Gasteiger partial charge in [-0.2, -0.15) is 0 Å². The molecule has 1 aliphatic rings. The van der Waals surface area contributed by atoms with E-state index in [0.717, 1.165) is 0 Å². The van der Waals surface area contributed by atoms with Gasteiger partial charge in [0, 0.05) is 11.7 Å². The standard InChI is InChI=1S/C12H15FN2O4S/c13-8-1-3-9(4-2-8)15-12(17)5-14-10-6-20(18,19)7-11(10)16/h1-4,10-11,14,16H,5-7H2,(H,15,17). The number of halogens is 1. The molecule has 1 heterocycles. The van der Waals surface area contributed by atoms with E-state index in [0.29, 0.717) is 5.69 Å². The van der Waals surface area contributed by atoms with E-state index in [4.69, 9.17) is 0 Å². The zero-order valence-electron chi connectivity index (χ0n) is 10.5. The Hall–Kier alpha value is -1.51. The van der Waals surface area contributed by atoms with Gasteiger partial charge in [0.15, 0.2) is 9.84 Å². The fourth-order valence-corrected chi connectivity index (χ4v) is 3.76. The summed E-state index contributed by atoms with van der Waals surface area (Å²) >= 11 is 0. The molecule has 110 valence electrons. The Kier molecular flexibility index (Phi) is 4.36. The topological polar surface area (TPSA) is 95.5 Å². The van der Waals surface area contributed by atoms with Gasteiger partial charge in [-0.25, -0.2) is 12.8 Å². The van der Waals surface area contributed by atoms with E-state index in [-0.39, 0.29) is 18.1 Å². The van der Waals surface area contributed by atoms with Crippen molar-refractivity contribution in [3.8, 4) is 0 Å². The second kappa shape index (κ2) is 5.86. The summed E-state index contributed by atoms with van der Waals surface area (Å²) in [5.74, 6) is -1.27. The first kappa shape index (κ1) is 14.9. The van der Waals surface area contributed by atoms with Crippen LogP contribution >= 0.6 is 0 Å². The summed E-state index contributed by atoms with van der Waals surface area (Å²) in [6.07, 6.45) is -1.00. The molecular formula is C12H15FN2O4S. The van der Waals surface area contributed by atoms with E-state index in [9.17, 15) is 22.7 Å². The van der Waals surface area contributed by atoms with Gasteiger partial charge in [0.05, 0.1) is 24.2 Å². The number of carbonyl (C=O) groups is 1. The lowest BCUT2D eigenvalue weighted by atomic mass is 10.2.